The number of nitrogens with zero attached hydrogens (tertiary/aromatic N) is 2. The number of thiophene rings is 1. The largest absolute Gasteiger partial charge is 0.383 e. The van der Waals surface area contributed by atoms with Gasteiger partial charge in [0.1, 0.15) is 5.60 Å². The molecule has 0 aliphatic rings. The molecular formula is C20H30N4OS. The van der Waals surface area contributed by atoms with Crippen molar-refractivity contribution in [2.75, 3.05) is 19.6 Å². The molecule has 142 valence electrons. The molecule has 2 heterocycles. The molecular weight excluding hydrogens is 344 g/mol. The molecule has 0 aromatic carbocycles. The third-order valence-electron chi connectivity index (χ3n) is 4.35. The van der Waals surface area contributed by atoms with E-state index in [2.05, 4.69) is 40.5 Å². The summed E-state index contributed by atoms with van der Waals surface area (Å²) >= 11 is 1.55. The van der Waals surface area contributed by atoms with Crippen molar-refractivity contribution < 1.29 is 5.11 Å². The normalized spacial score (nSPS) is 15.5. The Morgan fingerprint density at radius 1 is 1.31 bits per heavy atom. The topological polar surface area (TPSA) is 69.5 Å². The van der Waals surface area contributed by atoms with Crippen LogP contribution in [-0.2, 0) is 5.60 Å². The first-order valence-electron chi connectivity index (χ1n) is 9.12. The summed E-state index contributed by atoms with van der Waals surface area (Å²) in [6.45, 7) is 10.1. The van der Waals surface area contributed by atoms with Gasteiger partial charge in [0.2, 0.25) is 0 Å². The molecule has 0 aliphatic carbocycles. The van der Waals surface area contributed by atoms with Gasteiger partial charge in [0, 0.05) is 36.3 Å². The lowest BCUT2D eigenvalue weighted by atomic mass is 9.89. The van der Waals surface area contributed by atoms with Crippen molar-refractivity contribution in [3.63, 3.8) is 0 Å². The van der Waals surface area contributed by atoms with Crippen LogP contribution in [0.15, 0.2) is 47.0 Å². The average Bonchev–Trinajstić information content (AvgIpc) is 3.16. The van der Waals surface area contributed by atoms with Crippen LogP contribution in [0.4, 0.5) is 0 Å². The molecule has 5 nitrogen and oxygen atoms in total. The van der Waals surface area contributed by atoms with Gasteiger partial charge < -0.3 is 15.7 Å². The van der Waals surface area contributed by atoms with Crippen LogP contribution in [0.3, 0.4) is 0 Å². The van der Waals surface area contributed by atoms with Crippen molar-refractivity contribution in [1.29, 1.82) is 0 Å². The zero-order valence-electron chi connectivity index (χ0n) is 16.1. The molecule has 2 unspecified atom stereocenters. The van der Waals surface area contributed by atoms with Crippen molar-refractivity contribution >= 4 is 17.3 Å². The second-order valence-electron chi connectivity index (χ2n) is 6.96. The predicted octanol–water partition coefficient (Wildman–Crippen LogP) is 3.35. The summed E-state index contributed by atoms with van der Waals surface area (Å²) in [6.07, 6.45) is 3.73. The van der Waals surface area contributed by atoms with E-state index < -0.39 is 5.60 Å². The van der Waals surface area contributed by atoms with E-state index in [1.165, 1.54) is 5.56 Å². The zero-order chi connectivity index (χ0) is 19.0. The van der Waals surface area contributed by atoms with Gasteiger partial charge in [-0.15, -0.1) is 11.3 Å². The highest BCUT2D eigenvalue weighted by atomic mass is 32.1. The first kappa shape index (κ1) is 20.4. The molecule has 2 rings (SSSR count). The van der Waals surface area contributed by atoms with E-state index in [0.717, 1.165) is 23.9 Å². The number of hydrogen-bond acceptors (Lipinski definition) is 4. The molecule has 0 amide bonds. The molecule has 0 bridgehead atoms. The molecule has 0 fully saturated rings. The lowest BCUT2D eigenvalue weighted by Gasteiger charge is -2.24. The maximum atomic E-state index is 10.7. The lowest BCUT2D eigenvalue weighted by molar-refractivity contribution is 0.0711. The van der Waals surface area contributed by atoms with Crippen LogP contribution >= 0.6 is 11.3 Å². The number of hydrogen-bond donors (Lipinski definition) is 3. The minimum absolute atomic E-state index is 0.308. The number of aliphatic hydroxyl groups is 1. The third kappa shape index (κ3) is 5.81. The van der Waals surface area contributed by atoms with Gasteiger partial charge in [-0.05, 0) is 42.8 Å². The quantitative estimate of drug-likeness (QED) is 0.490. The highest BCUT2D eigenvalue weighted by molar-refractivity contribution is 7.10. The third-order valence-corrected chi connectivity index (χ3v) is 5.47. The maximum absolute atomic E-state index is 10.7. The number of guanidine groups is 1. The minimum atomic E-state index is -0.961. The van der Waals surface area contributed by atoms with E-state index in [1.54, 1.807) is 24.5 Å². The first-order valence-corrected chi connectivity index (χ1v) is 10.0. The van der Waals surface area contributed by atoms with Crippen molar-refractivity contribution in [3.8, 4) is 0 Å². The Morgan fingerprint density at radius 2 is 2.12 bits per heavy atom. The lowest BCUT2D eigenvalue weighted by Crippen LogP contribution is -2.41. The van der Waals surface area contributed by atoms with Gasteiger partial charge in [0.15, 0.2) is 5.96 Å². The van der Waals surface area contributed by atoms with Gasteiger partial charge in [0.25, 0.3) is 0 Å². The van der Waals surface area contributed by atoms with Crippen LogP contribution in [0.2, 0.25) is 0 Å². The Morgan fingerprint density at radius 3 is 2.69 bits per heavy atom. The van der Waals surface area contributed by atoms with Gasteiger partial charge in [0.05, 0.1) is 6.54 Å². The smallest absolute Gasteiger partial charge is 0.191 e. The van der Waals surface area contributed by atoms with Crippen molar-refractivity contribution in [2.45, 2.75) is 39.2 Å². The van der Waals surface area contributed by atoms with Crippen molar-refractivity contribution in [3.05, 3.63) is 52.5 Å². The number of aromatic nitrogens is 1. The summed E-state index contributed by atoms with van der Waals surface area (Å²) in [4.78, 5) is 9.77. The van der Waals surface area contributed by atoms with Crippen LogP contribution in [0.25, 0.3) is 0 Å². The molecule has 2 atom stereocenters. The van der Waals surface area contributed by atoms with Gasteiger partial charge in [-0.25, -0.2) is 4.99 Å². The standard InChI is InChI=1S/C20H30N4OS/c1-5-22-19(24-14-20(4,25)18-9-7-11-26-18)23-13-17(15(2)3)16-8-6-10-21-12-16/h6-12,15,17,25H,5,13-14H2,1-4H3,(H2,22,23,24). The Bertz CT molecular complexity index is 668. The molecule has 0 radical (unpaired) electrons. The van der Waals surface area contributed by atoms with Crippen LogP contribution in [0.5, 0.6) is 0 Å². The summed E-state index contributed by atoms with van der Waals surface area (Å²) in [5, 5.41) is 19.3. The average molecular weight is 375 g/mol. The molecule has 0 saturated carbocycles. The molecule has 3 N–H and O–H groups in total. The molecule has 26 heavy (non-hydrogen) atoms. The number of aliphatic imine (C=N–C) groups is 1. The Kier molecular flexibility index (Phi) is 7.60. The van der Waals surface area contributed by atoms with Gasteiger partial charge in [-0.3, -0.25) is 4.98 Å². The highest BCUT2D eigenvalue weighted by Gasteiger charge is 2.24. The summed E-state index contributed by atoms with van der Waals surface area (Å²) in [7, 11) is 0. The number of rotatable bonds is 8. The highest BCUT2D eigenvalue weighted by Crippen LogP contribution is 2.25. The monoisotopic (exact) mass is 374 g/mol. The van der Waals surface area contributed by atoms with Crippen LogP contribution in [0, 0.1) is 5.92 Å². The second-order valence-corrected chi connectivity index (χ2v) is 7.91. The van der Waals surface area contributed by atoms with Crippen LogP contribution in [0.1, 0.15) is 44.1 Å². The van der Waals surface area contributed by atoms with Gasteiger partial charge in [-0.2, -0.15) is 0 Å². The summed E-state index contributed by atoms with van der Waals surface area (Å²) in [5.74, 6) is 1.54. The number of pyridine rings is 1. The first-order chi connectivity index (χ1) is 12.4. The molecule has 6 heteroatoms. The van der Waals surface area contributed by atoms with E-state index in [-0.39, 0.29) is 0 Å². The predicted molar refractivity (Wildman–Crippen MR) is 110 cm³/mol. The van der Waals surface area contributed by atoms with E-state index in [1.807, 2.05) is 36.7 Å². The van der Waals surface area contributed by atoms with Crippen LogP contribution < -0.4 is 10.6 Å². The van der Waals surface area contributed by atoms with Crippen molar-refractivity contribution in [2.24, 2.45) is 10.9 Å². The van der Waals surface area contributed by atoms with E-state index in [0.29, 0.717) is 18.4 Å². The minimum Gasteiger partial charge on any atom is -0.383 e. The van der Waals surface area contributed by atoms with E-state index in [9.17, 15) is 5.11 Å². The molecule has 0 saturated heterocycles. The van der Waals surface area contributed by atoms with Gasteiger partial charge >= 0.3 is 0 Å². The summed E-state index contributed by atoms with van der Waals surface area (Å²) < 4.78 is 0. The molecule has 0 aliphatic heterocycles. The fourth-order valence-electron chi connectivity index (χ4n) is 2.78. The SMILES string of the molecule is CCNC(=NCC(C)(O)c1cccs1)NCC(c1cccnc1)C(C)C. The van der Waals surface area contributed by atoms with E-state index >= 15 is 0 Å². The Hall–Kier alpha value is -1.92. The Balaban J connectivity index is 2.04. The maximum Gasteiger partial charge on any atom is 0.191 e. The zero-order valence-corrected chi connectivity index (χ0v) is 16.9. The van der Waals surface area contributed by atoms with Crippen molar-refractivity contribution in [1.82, 2.24) is 15.6 Å². The Labute approximate surface area is 160 Å². The number of nitrogens with one attached hydrogen (secondary N) is 2. The fourth-order valence-corrected chi connectivity index (χ4v) is 3.56. The summed E-state index contributed by atoms with van der Waals surface area (Å²) in [5.41, 5.74) is 0.258. The summed E-state index contributed by atoms with van der Waals surface area (Å²) in [6, 6.07) is 7.98. The molecule has 2 aromatic heterocycles. The fraction of sp³-hybridized carbons (Fsp3) is 0.500. The molecule has 0 spiro atoms. The van der Waals surface area contributed by atoms with Gasteiger partial charge in [-0.1, -0.05) is 26.0 Å². The second kappa shape index (κ2) is 9.69. The molecule has 2 aromatic rings. The van der Waals surface area contributed by atoms with E-state index in [4.69, 9.17) is 0 Å². The van der Waals surface area contributed by atoms with Crippen LogP contribution in [-0.4, -0.2) is 35.7 Å².